The van der Waals surface area contributed by atoms with E-state index in [-0.39, 0.29) is 23.1 Å². The van der Waals surface area contributed by atoms with E-state index in [1.165, 1.54) is 0 Å². The van der Waals surface area contributed by atoms with Crippen molar-refractivity contribution in [2.24, 2.45) is 5.73 Å². The Bertz CT molecular complexity index is 507. The van der Waals surface area contributed by atoms with Crippen LogP contribution in [0.4, 0.5) is 0 Å². The van der Waals surface area contributed by atoms with Gasteiger partial charge in [-0.15, -0.1) is 0 Å². The molecule has 5 heteroatoms. The summed E-state index contributed by atoms with van der Waals surface area (Å²) in [5, 5.41) is 2.71. The third-order valence-corrected chi connectivity index (χ3v) is 3.31. The van der Waals surface area contributed by atoms with Gasteiger partial charge in [-0.2, -0.15) is 0 Å². The highest BCUT2D eigenvalue weighted by Crippen LogP contribution is 2.18. The lowest BCUT2D eigenvalue weighted by molar-refractivity contribution is 0.0939. The molecule has 2 rings (SSSR count). The molecular weight excluding hydrogens is 230 g/mol. The van der Waals surface area contributed by atoms with Gasteiger partial charge in [-0.3, -0.25) is 9.59 Å². The molecule has 0 unspecified atom stereocenters. The Hall–Kier alpha value is -1.62. The van der Waals surface area contributed by atoms with Crippen LogP contribution < -0.4 is 16.6 Å². The Balaban J connectivity index is 2.28. The molecule has 0 saturated carbocycles. The van der Waals surface area contributed by atoms with Crippen LogP contribution in [0.1, 0.15) is 41.4 Å². The van der Waals surface area contributed by atoms with Crippen LogP contribution in [0.2, 0.25) is 0 Å². The van der Waals surface area contributed by atoms with Gasteiger partial charge in [-0.1, -0.05) is 0 Å². The minimum Gasteiger partial charge on any atom is -0.348 e. The van der Waals surface area contributed by atoms with E-state index in [9.17, 15) is 9.59 Å². The lowest BCUT2D eigenvalue weighted by Gasteiger charge is -2.16. The molecule has 1 aliphatic rings. The average molecular weight is 249 g/mol. The third kappa shape index (κ3) is 2.61. The largest absolute Gasteiger partial charge is 0.348 e. The quantitative estimate of drug-likeness (QED) is 0.721. The first-order chi connectivity index (χ1) is 8.61. The van der Waals surface area contributed by atoms with Gasteiger partial charge in [0.1, 0.15) is 5.56 Å². The van der Waals surface area contributed by atoms with Gasteiger partial charge < -0.3 is 16.0 Å². The standard InChI is InChI=1S/C13H19N3O2/c1-8(7-14)15-12(17)10-6-9-4-2-3-5-11(9)16-13(10)18/h6,8H,2-5,7,14H2,1H3,(H,15,17)(H,16,18)/t8-/m0/s1. The molecule has 1 atom stereocenters. The second-order valence-corrected chi connectivity index (χ2v) is 4.83. The van der Waals surface area contributed by atoms with Crippen LogP contribution in [-0.4, -0.2) is 23.5 Å². The maximum atomic E-state index is 11.9. The van der Waals surface area contributed by atoms with Crippen molar-refractivity contribution in [2.45, 2.75) is 38.6 Å². The van der Waals surface area contributed by atoms with Crippen LogP contribution in [0.3, 0.4) is 0 Å². The Kier molecular flexibility index (Phi) is 3.81. The van der Waals surface area contributed by atoms with Gasteiger partial charge in [0.2, 0.25) is 0 Å². The van der Waals surface area contributed by atoms with Gasteiger partial charge in [0, 0.05) is 18.3 Å². The topological polar surface area (TPSA) is 88.0 Å². The number of aryl methyl sites for hydroxylation is 2. The fourth-order valence-corrected chi connectivity index (χ4v) is 2.20. The minimum absolute atomic E-state index is 0.132. The van der Waals surface area contributed by atoms with Crippen molar-refractivity contribution in [3.63, 3.8) is 0 Å². The number of pyridine rings is 1. The molecule has 0 fully saturated rings. The zero-order valence-corrected chi connectivity index (χ0v) is 10.6. The summed E-state index contributed by atoms with van der Waals surface area (Å²) in [7, 11) is 0. The second kappa shape index (κ2) is 5.35. The van der Waals surface area contributed by atoms with E-state index < -0.39 is 0 Å². The highest BCUT2D eigenvalue weighted by Gasteiger charge is 2.17. The zero-order chi connectivity index (χ0) is 13.1. The minimum atomic E-state index is -0.345. The molecular formula is C13H19N3O2. The molecule has 1 heterocycles. The van der Waals surface area contributed by atoms with Crippen molar-refractivity contribution < 1.29 is 4.79 Å². The van der Waals surface area contributed by atoms with Crippen molar-refractivity contribution in [2.75, 3.05) is 6.54 Å². The van der Waals surface area contributed by atoms with Gasteiger partial charge in [0.15, 0.2) is 0 Å². The number of fused-ring (bicyclic) bond motifs is 1. The van der Waals surface area contributed by atoms with Crippen LogP contribution >= 0.6 is 0 Å². The molecule has 0 radical (unpaired) electrons. The van der Waals surface area contributed by atoms with Crippen LogP contribution in [0.25, 0.3) is 0 Å². The smallest absolute Gasteiger partial charge is 0.261 e. The summed E-state index contributed by atoms with van der Waals surface area (Å²) in [6, 6.07) is 1.60. The molecule has 0 aliphatic heterocycles. The summed E-state index contributed by atoms with van der Waals surface area (Å²) in [6.07, 6.45) is 4.03. The number of hydrogen-bond acceptors (Lipinski definition) is 3. The summed E-state index contributed by atoms with van der Waals surface area (Å²) < 4.78 is 0. The monoisotopic (exact) mass is 249 g/mol. The molecule has 18 heavy (non-hydrogen) atoms. The van der Waals surface area contributed by atoms with Crippen LogP contribution in [-0.2, 0) is 12.8 Å². The van der Waals surface area contributed by atoms with Crippen molar-refractivity contribution in [1.82, 2.24) is 10.3 Å². The molecule has 0 aromatic carbocycles. The maximum absolute atomic E-state index is 11.9. The Morgan fingerprint density at radius 2 is 2.22 bits per heavy atom. The Morgan fingerprint density at radius 1 is 1.50 bits per heavy atom. The van der Waals surface area contributed by atoms with Crippen molar-refractivity contribution in [3.05, 3.63) is 33.2 Å². The number of hydrogen-bond donors (Lipinski definition) is 3. The van der Waals surface area contributed by atoms with E-state index in [0.717, 1.165) is 36.9 Å². The van der Waals surface area contributed by atoms with E-state index in [1.807, 2.05) is 6.92 Å². The van der Waals surface area contributed by atoms with Crippen molar-refractivity contribution in [1.29, 1.82) is 0 Å². The number of aromatic nitrogens is 1. The molecule has 1 amide bonds. The molecule has 5 nitrogen and oxygen atoms in total. The predicted molar refractivity (Wildman–Crippen MR) is 69.7 cm³/mol. The molecule has 0 spiro atoms. The number of carbonyl (C=O) groups is 1. The highest BCUT2D eigenvalue weighted by atomic mass is 16.2. The summed E-state index contributed by atoms with van der Waals surface area (Å²) in [4.78, 5) is 26.6. The zero-order valence-electron chi connectivity index (χ0n) is 10.6. The first-order valence-corrected chi connectivity index (χ1v) is 6.38. The lowest BCUT2D eigenvalue weighted by atomic mass is 9.95. The van der Waals surface area contributed by atoms with E-state index in [0.29, 0.717) is 6.54 Å². The van der Waals surface area contributed by atoms with Crippen molar-refractivity contribution >= 4 is 5.91 Å². The second-order valence-electron chi connectivity index (χ2n) is 4.83. The molecule has 1 aromatic heterocycles. The number of carbonyl (C=O) groups excluding carboxylic acids is 1. The molecule has 1 aliphatic carbocycles. The fourth-order valence-electron chi connectivity index (χ4n) is 2.20. The van der Waals surface area contributed by atoms with E-state index in [2.05, 4.69) is 10.3 Å². The summed E-state index contributed by atoms with van der Waals surface area (Å²) in [6.45, 7) is 2.17. The van der Waals surface area contributed by atoms with Gasteiger partial charge in [0.05, 0.1) is 0 Å². The van der Waals surface area contributed by atoms with Gasteiger partial charge >= 0.3 is 0 Å². The first-order valence-electron chi connectivity index (χ1n) is 6.38. The van der Waals surface area contributed by atoms with Gasteiger partial charge in [-0.25, -0.2) is 0 Å². The van der Waals surface area contributed by atoms with Gasteiger partial charge in [-0.05, 0) is 44.2 Å². The average Bonchev–Trinajstić information content (AvgIpc) is 2.37. The van der Waals surface area contributed by atoms with Gasteiger partial charge in [0.25, 0.3) is 11.5 Å². The molecule has 98 valence electrons. The summed E-state index contributed by atoms with van der Waals surface area (Å²) in [5.74, 6) is -0.345. The SMILES string of the molecule is C[C@@H](CN)NC(=O)c1cc2c([nH]c1=O)CCCC2. The Labute approximate surface area is 106 Å². The lowest BCUT2D eigenvalue weighted by Crippen LogP contribution is -2.40. The summed E-state index contributed by atoms with van der Waals surface area (Å²) in [5.41, 5.74) is 7.40. The van der Waals surface area contributed by atoms with Crippen molar-refractivity contribution in [3.8, 4) is 0 Å². The predicted octanol–water partition coefficient (Wildman–Crippen LogP) is 0.331. The molecule has 0 saturated heterocycles. The normalized spacial score (nSPS) is 15.9. The Morgan fingerprint density at radius 3 is 2.94 bits per heavy atom. The van der Waals surface area contributed by atoms with Crippen LogP contribution in [0.5, 0.6) is 0 Å². The summed E-state index contributed by atoms with van der Waals surface area (Å²) >= 11 is 0. The van der Waals surface area contributed by atoms with E-state index in [1.54, 1.807) is 6.07 Å². The number of amides is 1. The first kappa shape index (κ1) is 12.8. The molecule has 4 N–H and O–H groups in total. The van der Waals surface area contributed by atoms with E-state index in [4.69, 9.17) is 5.73 Å². The maximum Gasteiger partial charge on any atom is 0.261 e. The number of aromatic amines is 1. The third-order valence-electron chi connectivity index (χ3n) is 3.31. The fraction of sp³-hybridized carbons (Fsp3) is 0.538. The van der Waals surface area contributed by atoms with E-state index >= 15 is 0 Å². The van der Waals surface area contributed by atoms with Crippen LogP contribution in [0.15, 0.2) is 10.9 Å². The van der Waals surface area contributed by atoms with Crippen LogP contribution in [0, 0.1) is 0 Å². The molecule has 1 aromatic rings. The highest BCUT2D eigenvalue weighted by molar-refractivity contribution is 5.94. The number of nitrogens with one attached hydrogen (secondary N) is 2. The number of nitrogens with two attached hydrogens (primary N) is 1. The number of rotatable bonds is 3. The molecule has 0 bridgehead atoms. The number of H-pyrrole nitrogens is 1.